The fraction of sp³-hybridized carbons (Fsp3) is 0. The fourth-order valence-electron chi connectivity index (χ4n) is 1.87. The molecule has 5 heteroatoms. The lowest BCUT2D eigenvalue weighted by molar-refractivity contribution is 0.0998. The summed E-state index contributed by atoms with van der Waals surface area (Å²) in [5, 5.41) is 4.08. The third kappa shape index (κ3) is 2.57. The fourth-order valence-corrected chi connectivity index (χ4v) is 2.43. The van der Waals surface area contributed by atoms with E-state index in [-0.39, 0.29) is 11.7 Å². The van der Waals surface area contributed by atoms with E-state index in [9.17, 15) is 4.79 Å². The molecule has 0 atom stereocenters. The minimum Gasteiger partial charge on any atom is -0.451 e. The molecule has 0 spiro atoms. The Kier molecular flexibility index (Phi) is 3.51. The van der Waals surface area contributed by atoms with Crippen molar-refractivity contribution < 1.29 is 9.21 Å². The van der Waals surface area contributed by atoms with Gasteiger partial charge in [-0.1, -0.05) is 39.7 Å². The molecule has 3 rings (SSSR count). The highest BCUT2D eigenvalue weighted by atomic mass is 79.9. The Morgan fingerprint density at radius 1 is 1.15 bits per heavy atom. The Labute approximate surface area is 128 Å². The SMILES string of the molecule is O=C(Nc1ccccc1Cl)c1cc2cc(Br)ccc2o1. The smallest absolute Gasteiger partial charge is 0.291 e. The van der Waals surface area contributed by atoms with Gasteiger partial charge in [-0.2, -0.15) is 0 Å². The van der Waals surface area contributed by atoms with Crippen LogP contribution in [0.2, 0.25) is 5.02 Å². The Balaban J connectivity index is 1.91. The molecule has 2 aromatic carbocycles. The van der Waals surface area contributed by atoms with Gasteiger partial charge in [0.05, 0.1) is 10.7 Å². The second-order valence-corrected chi connectivity index (χ2v) is 5.55. The van der Waals surface area contributed by atoms with Crippen LogP contribution in [0.15, 0.2) is 57.4 Å². The first-order valence-corrected chi connectivity index (χ1v) is 7.05. The summed E-state index contributed by atoms with van der Waals surface area (Å²) < 4.78 is 6.46. The van der Waals surface area contributed by atoms with Crippen molar-refractivity contribution in [2.75, 3.05) is 5.32 Å². The first kappa shape index (κ1) is 13.2. The number of anilines is 1. The third-order valence-electron chi connectivity index (χ3n) is 2.82. The first-order chi connectivity index (χ1) is 9.63. The van der Waals surface area contributed by atoms with E-state index < -0.39 is 0 Å². The second-order valence-electron chi connectivity index (χ2n) is 4.23. The molecule has 1 N–H and O–H groups in total. The molecule has 0 saturated heterocycles. The number of furan rings is 1. The molecular weight excluding hydrogens is 342 g/mol. The number of hydrogen-bond acceptors (Lipinski definition) is 2. The van der Waals surface area contributed by atoms with Gasteiger partial charge in [0, 0.05) is 9.86 Å². The van der Waals surface area contributed by atoms with Crippen molar-refractivity contribution in [3.05, 3.63) is 63.8 Å². The van der Waals surface area contributed by atoms with Gasteiger partial charge in [-0.05, 0) is 36.4 Å². The Hall–Kier alpha value is -1.78. The molecule has 0 aliphatic heterocycles. The number of nitrogens with one attached hydrogen (secondary N) is 1. The van der Waals surface area contributed by atoms with Gasteiger partial charge in [0.25, 0.3) is 5.91 Å². The van der Waals surface area contributed by atoms with Crippen LogP contribution in [0.1, 0.15) is 10.6 Å². The van der Waals surface area contributed by atoms with Crippen LogP contribution >= 0.6 is 27.5 Å². The molecule has 0 fully saturated rings. The molecular formula is C15H9BrClNO2. The maximum atomic E-state index is 12.1. The number of rotatable bonds is 2. The number of halogens is 2. The van der Waals surface area contributed by atoms with Crippen molar-refractivity contribution in [2.45, 2.75) is 0 Å². The van der Waals surface area contributed by atoms with Crippen LogP contribution in [0.4, 0.5) is 5.69 Å². The summed E-state index contributed by atoms with van der Waals surface area (Å²) in [6, 6.07) is 14.3. The summed E-state index contributed by atoms with van der Waals surface area (Å²) in [6.07, 6.45) is 0. The molecule has 3 nitrogen and oxygen atoms in total. The average molecular weight is 351 g/mol. The van der Waals surface area contributed by atoms with Gasteiger partial charge in [0.1, 0.15) is 5.58 Å². The predicted octanol–water partition coefficient (Wildman–Crippen LogP) is 5.10. The Morgan fingerprint density at radius 2 is 1.95 bits per heavy atom. The third-order valence-corrected chi connectivity index (χ3v) is 3.65. The van der Waals surface area contributed by atoms with E-state index in [0.717, 1.165) is 9.86 Å². The van der Waals surface area contributed by atoms with Gasteiger partial charge in [0.2, 0.25) is 0 Å². The molecule has 3 aromatic rings. The standard InChI is InChI=1S/C15H9BrClNO2/c16-10-5-6-13-9(7-10)8-14(20-13)15(19)18-12-4-2-1-3-11(12)17/h1-8H,(H,18,19). The van der Waals surface area contributed by atoms with Crippen LogP contribution in [-0.4, -0.2) is 5.91 Å². The Morgan fingerprint density at radius 3 is 2.75 bits per heavy atom. The molecule has 0 aliphatic carbocycles. The maximum Gasteiger partial charge on any atom is 0.291 e. The summed E-state index contributed by atoms with van der Waals surface area (Å²) in [7, 11) is 0. The van der Waals surface area contributed by atoms with E-state index in [2.05, 4.69) is 21.2 Å². The zero-order chi connectivity index (χ0) is 14.1. The lowest BCUT2D eigenvalue weighted by atomic mass is 10.2. The highest BCUT2D eigenvalue weighted by Crippen LogP contribution is 2.25. The molecule has 0 bridgehead atoms. The first-order valence-electron chi connectivity index (χ1n) is 5.88. The number of hydrogen-bond donors (Lipinski definition) is 1. The summed E-state index contributed by atoms with van der Waals surface area (Å²) >= 11 is 9.39. The highest BCUT2D eigenvalue weighted by molar-refractivity contribution is 9.10. The van der Waals surface area contributed by atoms with Gasteiger partial charge in [-0.25, -0.2) is 0 Å². The number of para-hydroxylation sites is 1. The molecule has 1 heterocycles. The monoisotopic (exact) mass is 349 g/mol. The van der Waals surface area contributed by atoms with Gasteiger partial charge in [0.15, 0.2) is 5.76 Å². The predicted molar refractivity (Wildman–Crippen MR) is 83.3 cm³/mol. The van der Waals surface area contributed by atoms with Crippen LogP contribution in [0.5, 0.6) is 0 Å². The lowest BCUT2D eigenvalue weighted by Crippen LogP contribution is -2.10. The number of carbonyl (C=O) groups excluding carboxylic acids is 1. The number of carbonyl (C=O) groups is 1. The number of amides is 1. The highest BCUT2D eigenvalue weighted by Gasteiger charge is 2.13. The quantitative estimate of drug-likeness (QED) is 0.698. The molecule has 0 radical (unpaired) electrons. The molecule has 0 saturated carbocycles. The van der Waals surface area contributed by atoms with E-state index in [1.807, 2.05) is 18.2 Å². The molecule has 1 aromatic heterocycles. The van der Waals surface area contributed by atoms with E-state index in [0.29, 0.717) is 16.3 Å². The summed E-state index contributed by atoms with van der Waals surface area (Å²) in [6.45, 7) is 0. The summed E-state index contributed by atoms with van der Waals surface area (Å²) in [4.78, 5) is 12.1. The van der Waals surface area contributed by atoms with Crippen molar-refractivity contribution in [1.29, 1.82) is 0 Å². The average Bonchev–Trinajstić information content (AvgIpc) is 2.84. The number of benzene rings is 2. The zero-order valence-electron chi connectivity index (χ0n) is 10.2. The van der Waals surface area contributed by atoms with Crippen molar-refractivity contribution in [2.24, 2.45) is 0 Å². The van der Waals surface area contributed by atoms with Gasteiger partial charge < -0.3 is 9.73 Å². The van der Waals surface area contributed by atoms with Crippen molar-refractivity contribution >= 4 is 50.1 Å². The second kappa shape index (κ2) is 5.31. The minimum absolute atomic E-state index is 0.248. The van der Waals surface area contributed by atoms with E-state index in [4.69, 9.17) is 16.0 Å². The topological polar surface area (TPSA) is 42.2 Å². The van der Waals surface area contributed by atoms with Crippen LogP contribution in [0.25, 0.3) is 11.0 Å². The molecule has 1 amide bonds. The van der Waals surface area contributed by atoms with Gasteiger partial charge in [-0.3, -0.25) is 4.79 Å². The van der Waals surface area contributed by atoms with Crippen molar-refractivity contribution in [3.8, 4) is 0 Å². The van der Waals surface area contributed by atoms with E-state index >= 15 is 0 Å². The van der Waals surface area contributed by atoms with Crippen LogP contribution in [0, 0.1) is 0 Å². The molecule has 0 aliphatic rings. The van der Waals surface area contributed by atoms with Crippen molar-refractivity contribution in [1.82, 2.24) is 0 Å². The largest absolute Gasteiger partial charge is 0.451 e. The van der Waals surface area contributed by atoms with Gasteiger partial charge >= 0.3 is 0 Å². The molecule has 100 valence electrons. The van der Waals surface area contributed by atoms with E-state index in [1.54, 1.807) is 30.3 Å². The lowest BCUT2D eigenvalue weighted by Gasteiger charge is -2.04. The Bertz CT molecular complexity index is 797. The minimum atomic E-state index is -0.328. The van der Waals surface area contributed by atoms with Crippen LogP contribution < -0.4 is 5.32 Å². The van der Waals surface area contributed by atoms with E-state index in [1.165, 1.54) is 0 Å². The van der Waals surface area contributed by atoms with Gasteiger partial charge in [-0.15, -0.1) is 0 Å². The molecule has 20 heavy (non-hydrogen) atoms. The maximum absolute atomic E-state index is 12.1. The normalized spacial score (nSPS) is 10.7. The number of fused-ring (bicyclic) bond motifs is 1. The van der Waals surface area contributed by atoms with Crippen LogP contribution in [-0.2, 0) is 0 Å². The summed E-state index contributed by atoms with van der Waals surface area (Å²) in [5.74, 6) is -0.0801. The van der Waals surface area contributed by atoms with Crippen molar-refractivity contribution in [3.63, 3.8) is 0 Å². The zero-order valence-corrected chi connectivity index (χ0v) is 12.5. The summed E-state index contributed by atoms with van der Waals surface area (Å²) in [5.41, 5.74) is 1.22. The molecule has 0 unspecified atom stereocenters. The van der Waals surface area contributed by atoms with Crippen LogP contribution in [0.3, 0.4) is 0 Å².